The van der Waals surface area contributed by atoms with Crippen molar-refractivity contribution in [2.24, 2.45) is 0 Å². The van der Waals surface area contributed by atoms with Crippen molar-refractivity contribution in [3.63, 3.8) is 0 Å². The number of hydrogen-bond acceptors (Lipinski definition) is 6. The highest BCUT2D eigenvalue weighted by Gasteiger charge is 2.15. The second-order valence-electron chi connectivity index (χ2n) is 10.5. The Morgan fingerprint density at radius 3 is 2.55 bits per heavy atom. The van der Waals surface area contributed by atoms with Gasteiger partial charge in [0.2, 0.25) is 0 Å². The van der Waals surface area contributed by atoms with Gasteiger partial charge >= 0.3 is 0 Å². The highest BCUT2D eigenvalue weighted by Crippen LogP contribution is 2.30. The van der Waals surface area contributed by atoms with Crippen LogP contribution in [0, 0.1) is 0 Å². The minimum absolute atomic E-state index is 0.129. The van der Waals surface area contributed by atoms with Gasteiger partial charge in [-0.1, -0.05) is 32.9 Å². The SMILES string of the molecule is C=C(C(=O)/C=C/c1ccc(N2CCCC2)nc1)c1cc(-c2cncc(CN(CCC)CCCC)c2)ccc1NC. The lowest BCUT2D eigenvalue weighted by molar-refractivity contribution is -0.109. The summed E-state index contributed by atoms with van der Waals surface area (Å²) in [5.74, 6) is 0.869. The Morgan fingerprint density at radius 1 is 1.02 bits per heavy atom. The smallest absolute Gasteiger partial charge is 0.185 e. The summed E-state index contributed by atoms with van der Waals surface area (Å²) in [4.78, 5) is 27.1. The molecule has 4 rings (SSSR count). The number of anilines is 2. The molecule has 0 saturated carbocycles. The van der Waals surface area contributed by atoms with Crippen molar-refractivity contribution in [3.05, 3.63) is 84.3 Å². The summed E-state index contributed by atoms with van der Waals surface area (Å²) >= 11 is 0. The number of ketones is 1. The van der Waals surface area contributed by atoms with Gasteiger partial charge in [-0.25, -0.2) is 4.98 Å². The zero-order chi connectivity index (χ0) is 28.3. The lowest BCUT2D eigenvalue weighted by atomic mass is 9.95. The third-order valence-electron chi connectivity index (χ3n) is 7.44. The standard InChI is InChI=1S/C34H43N5O/c1-5-7-17-38(16-6-2)25-28-20-30(24-36-22-28)29-12-13-32(35-4)31(21-29)26(3)33(40)14-10-27-11-15-34(37-23-27)39-18-8-9-19-39/h10-15,20-24,35H,3,5-9,16-19,25H2,1-2,4H3/b14-10+. The monoisotopic (exact) mass is 537 g/mol. The van der Waals surface area contributed by atoms with E-state index in [0.29, 0.717) is 5.57 Å². The summed E-state index contributed by atoms with van der Waals surface area (Å²) in [6, 6.07) is 12.4. The van der Waals surface area contributed by atoms with E-state index in [0.717, 1.165) is 72.9 Å². The van der Waals surface area contributed by atoms with E-state index in [9.17, 15) is 4.79 Å². The van der Waals surface area contributed by atoms with Gasteiger partial charge in [0.25, 0.3) is 0 Å². The molecule has 1 aliphatic heterocycles. The Labute approximate surface area is 239 Å². The van der Waals surface area contributed by atoms with E-state index in [2.05, 4.69) is 57.6 Å². The van der Waals surface area contributed by atoms with Crippen molar-refractivity contribution in [2.45, 2.75) is 52.5 Å². The van der Waals surface area contributed by atoms with Crippen LogP contribution in [0.15, 0.2) is 67.6 Å². The van der Waals surface area contributed by atoms with Crippen LogP contribution in [-0.4, -0.2) is 53.9 Å². The van der Waals surface area contributed by atoms with E-state index in [1.165, 1.54) is 31.2 Å². The number of carbonyl (C=O) groups excluding carboxylic acids is 1. The van der Waals surface area contributed by atoms with Crippen molar-refractivity contribution in [1.29, 1.82) is 0 Å². The van der Waals surface area contributed by atoms with Crippen molar-refractivity contribution < 1.29 is 4.79 Å². The van der Waals surface area contributed by atoms with Crippen LogP contribution in [0.25, 0.3) is 22.8 Å². The lowest BCUT2D eigenvalue weighted by Crippen LogP contribution is -2.25. The van der Waals surface area contributed by atoms with Gasteiger partial charge in [0.05, 0.1) is 0 Å². The average molecular weight is 538 g/mol. The molecule has 0 spiro atoms. The molecule has 40 heavy (non-hydrogen) atoms. The average Bonchev–Trinajstić information content (AvgIpc) is 3.54. The highest BCUT2D eigenvalue weighted by atomic mass is 16.1. The van der Waals surface area contributed by atoms with Crippen LogP contribution in [0.5, 0.6) is 0 Å². The first-order valence-electron chi connectivity index (χ1n) is 14.6. The van der Waals surface area contributed by atoms with Gasteiger partial charge in [-0.15, -0.1) is 0 Å². The van der Waals surface area contributed by atoms with Crippen LogP contribution >= 0.6 is 0 Å². The van der Waals surface area contributed by atoms with Gasteiger partial charge in [0, 0.05) is 67.7 Å². The fraction of sp³-hybridized carbons (Fsp3) is 0.382. The number of aromatic nitrogens is 2. The number of pyridine rings is 2. The summed E-state index contributed by atoms with van der Waals surface area (Å²) < 4.78 is 0. The Morgan fingerprint density at radius 2 is 1.85 bits per heavy atom. The summed E-state index contributed by atoms with van der Waals surface area (Å²) in [6.07, 6.45) is 15.0. The summed E-state index contributed by atoms with van der Waals surface area (Å²) in [5, 5.41) is 3.21. The van der Waals surface area contributed by atoms with Crippen molar-refractivity contribution in [3.8, 4) is 11.1 Å². The van der Waals surface area contributed by atoms with Crippen LogP contribution in [0.2, 0.25) is 0 Å². The number of hydrogen-bond donors (Lipinski definition) is 1. The molecular formula is C34H43N5O. The molecule has 1 aromatic carbocycles. The molecule has 1 fully saturated rings. The van der Waals surface area contributed by atoms with Gasteiger partial charge in [0.1, 0.15) is 5.82 Å². The number of nitrogens with zero attached hydrogens (tertiary/aromatic N) is 4. The zero-order valence-corrected chi connectivity index (χ0v) is 24.3. The molecule has 2 aromatic heterocycles. The number of nitrogens with one attached hydrogen (secondary N) is 1. The predicted molar refractivity (Wildman–Crippen MR) is 168 cm³/mol. The largest absolute Gasteiger partial charge is 0.388 e. The van der Waals surface area contributed by atoms with Gasteiger partial charge in [-0.2, -0.15) is 0 Å². The van der Waals surface area contributed by atoms with E-state index >= 15 is 0 Å². The zero-order valence-electron chi connectivity index (χ0n) is 24.3. The Bertz CT molecular complexity index is 1310. The molecule has 0 bridgehead atoms. The van der Waals surface area contributed by atoms with E-state index in [4.69, 9.17) is 0 Å². The topological polar surface area (TPSA) is 61.4 Å². The molecular weight excluding hydrogens is 494 g/mol. The molecule has 3 aromatic rings. The van der Waals surface area contributed by atoms with E-state index < -0.39 is 0 Å². The third kappa shape index (κ3) is 7.66. The fourth-order valence-electron chi connectivity index (χ4n) is 5.18. The van der Waals surface area contributed by atoms with Crippen LogP contribution in [0.1, 0.15) is 62.6 Å². The van der Waals surface area contributed by atoms with Crippen LogP contribution < -0.4 is 10.2 Å². The van der Waals surface area contributed by atoms with Gasteiger partial charge in [-0.05, 0) is 97.9 Å². The van der Waals surface area contributed by atoms with Gasteiger partial charge in [-0.3, -0.25) is 14.7 Å². The molecule has 0 atom stereocenters. The predicted octanol–water partition coefficient (Wildman–Crippen LogP) is 7.09. The maximum Gasteiger partial charge on any atom is 0.185 e. The third-order valence-corrected chi connectivity index (χ3v) is 7.44. The summed E-state index contributed by atoms with van der Waals surface area (Å²) in [5.41, 5.74) is 6.24. The molecule has 1 aliphatic rings. The first-order valence-corrected chi connectivity index (χ1v) is 14.6. The summed E-state index contributed by atoms with van der Waals surface area (Å²) in [6.45, 7) is 13.8. The van der Waals surface area contributed by atoms with E-state index in [1.807, 2.05) is 56.0 Å². The number of benzene rings is 1. The molecule has 0 amide bonds. The van der Waals surface area contributed by atoms with Crippen molar-refractivity contribution in [1.82, 2.24) is 14.9 Å². The fourth-order valence-corrected chi connectivity index (χ4v) is 5.18. The molecule has 210 valence electrons. The lowest BCUT2D eigenvalue weighted by Gasteiger charge is -2.21. The number of unbranched alkanes of at least 4 members (excludes halogenated alkanes) is 1. The Hall–Kier alpha value is -3.77. The Balaban J connectivity index is 1.49. The first-order chi connectivity index (χ1) is 19.5. The number of allylic oxidation sites excluding steroid dienone is 2. The highest BCUT2D eigenvalue weighted by molar-refractivity contribution is 6.27. The van der Waals surface area contributed by atoms with Crippen LogP contribution in [-0.2, 0) is 11.3 Å². The quantitative estimate of drug-likeness (QED) is 0.222. The molecule has 0 unspecified atom stereocenters. The number of rotatable bonds is 14. The van der Waals surface area contributed by atoms with Gasteiger partial charge < -0.3 is 10.2 Å². The van der Waals surface area contributed by atoms with E-state index in [-0.39, 0.29) is 5.78 Å². The second-order valence-corrected chi connectivity index (χ2v) is 10.5. The molecule has 6 nitrogen and oxygen atoms in total. The number of carbonyl (C=O) groups is 1. The molecule has 3 heterocycles. The van der Waals surface area contributed by atoms with Crippen LogP contribution in [0.4, 0.5) is 11.5 Å². The normalized spacial score (nSPS) is 13.3. The van der Waals surface area contributed by atoms with Crippen molar-refractivity contribution >= 4 is 28.9 Å². The molecule has 6 heteroatoms. The molecule has 1 saturated heterocycles. The van der Waals surface area contributed by atoms with Crippen LogP contribution in [0.3, 0.4) is 0 Å². The maximum atomic E-state index is 13.2. The van der Waals surface area contributed by atoms with E-state index in [1.54, 1.807) is 6.08 Å². The minimum Gasteiger partial charge on any atom is -0.388 e. The van der Waals surface area contributed by atoms with Crippen molar-refractivity contribution in [2.75, 3.05) is 43.4 Å². The minimum atomic E-state index is -0.129. The maximum absolute atomic E-state index is 13.2. The second kappa shape index (κ2) is 14.6. The molecule has 0 radical (unpaired) electrons. The Kier molecular flexibility index (Phi) is 10.6. The molecule has 0 aliphatic carbocycles. The van der Waals surface area contributed by atoms with Gasteiger partial charge in [0.15, 0.2) is 5.78 Å². The molecule has 1 N–H and O–H groups in total. The first kappa shape index (κ1) is 29.2. The summed E-state index contributed by atoms with van der Waals surface area (Å²) in [7, 11) is 1.86.